The van der Waals surface area contributed by atoms with Crippen LogP contribution in [0.5, 0.6) is 0 Å². The molecule has 0 aliphatic heterocycles. The molecule has 1 aromatic heterocycles. The Bertz CT molecular complexity index is 502. The van der Waals surface area contributed by atoms with Gasteiger partial charge in [-0.25, -0.2) is 4.68 Å². The van der Waals surface area contributed by atoms with Crippen molar-refractivity contribution in [3.05, 3.63) is 30.3 Å². The molecule has 0 bridgehead atoms. The molecular weight excluding hydrogens is 246 g/mol. The minimum absolute atomic E-state index is 1.08. The first-order valence-corrected chi connectivity index (χ1v) is 10.3. The second-order valence-electron chi connectivity index (χ2n) is 4.94. The molecule has 0 N–H and O–H groups in total. The highest BCUT2D eigenvalue weighted by atomic mass is 32.2. The fourth-order valence-corrected chi connectivity index (χ4v) is 4.53. The van der Waals surface area contributed by atoms with Gasteiger partial charge in [0.15, 0.2) is 0 Å². The van der Waals surface area contributed by atoms with Crippen molar-refractivity contribution in [3.63, 3.8) is 0 Å². The zero-order chi connectivity index (χ0) is 12.5. The quantitative estimate of drug-likeness (QED) is 0.630. The lowest BCUT2D eigenvalue weighted by molar-refractivity contribution is 0.757. The smallest absolute Gasteiger partial charge is 0.119 e. The molecule has 5 heteroatoms. The number of para-hydroxylation sites is 1. The van der Waals surface area contributed by atoms with E-state index in [1.807, 2.05) is 22.9 Å². The van der Waals surface area contributed by atoms with Gasteiger partial charge >= 0.3 is 0 Å². The first kappa shape index (κ1) is 12.4. The van der Waals surface area contributed by atoms with Crippen LogP contribution in [0.3, 0.4) is 0 Å². The Balaban J connectivity index is 2.54. The maximum absolute atomic E-state index is 4.39. The molecule has 1 heterocycles. The van der Waals surface area contributed by atoms with Crippen LogP contribution >= 0.6 is 11.8 Å². The molecule has 2 aromatic rings. The van der Waals surface area contributed by atoms with Crippen LogP contribution in [0.25, 0.3) is 5.69 Å². The Labute approximate surface area is 107 Å². The van der Waals surface area contributed by atoms with E-state index in [2.05, 4.69) is 48.3 Å². The number of benzene rings is 1. The van der Waals surface area contributed by atoms with E-state index < -0.39 is 8.07 Å². The predicted octanol–water partition coefficient (Wildman–Crippen LogP) is 2.53. The van der Waals surface area contributed by atoms with Gasteiger partial charge in [-0.2, -0.15) is 0 Å². The first-order chi connectivity index (χ1) is 8.04. The molecule has 0 fully saturated rings. The zero-order valence-corrected chi connectivity index (χ0v) is 12.5. The number of nitrogens with zero attached hydrogens (tertiary/aromatic N) is 3. The van der Waals surface area contributed by atoms with Crippen molar-refractivity contribution >= 4 is 25.2 Å². The van der Waals surface area contributed by atoms with Gasteiger partial charge in [-0.15, -0.1) is 16.9 Å². The largest absolute Gasteiger partial charge is 0.207 e. The molecule has 17 heavy (non-hydrogen) atoms. The van der Waals surface area contributed by atoms with Gasteiger partial charge in [0.2, 0.25) is 0 Å². The van der Waals surface area contributed by atoms with E-state index in [1.165, 1.54) is 10.3 Å². The van der Waals surface area contributed by atoms with Gasteiger partial charge in [0, 0.05) is 0 Å². The van der Waals surface area contributed by atoms with Crippen molar-refractivity contribution in [2.24, 2.45) is 0 Å². The maximum Gasteiger partial charge on any atom is 0.119 e. The molecule has 0 unspecified atom stereocenters. The van der Waals surface area contributed by atoms with E-state index in [4.69, 9.17) is 0 Å². The van der Waals surface area contributed by atoms with E-state index in [1.54, 1.807) is 11.8 Å². The third kappa shape index (κ3) is 2.45. The van der Waals surface area contributed by atoms with Gasteiger partial charge in [0.05, 0.1) is 11.0 Å². The molecular formula is C12H17N3SSi. The van der Waals surface area contributed by atoms with Crippen LogP contribution in [0.2, 0.25) is 19.6 Å². The number of rotatable bonds is 3. The molecule has 0 saturated carbocycles. The van der Waals surface area contributed by atoms with Crippen molar-refractivity contribution in [3.8, 4) is 5.69 Å². The first-order valence-electron chi connectivity index (χ1n) is 5.59. The second kappa shape index (κ2) is 4.66. The van der Waals surface area contributed by atoms with Gasteiger partial charge in [0.25, 0.3) is 0 Å². The summed E-state index contributed by atoms with van der Waals surface area (Å²) < 4.78 is 1.94. The topological polar surface area (TPSA) is 30.7 Å². The summed E-state index contributed by atoms with van der Waals surface area (Å²) in [7, 11) is -1.43. The van der Waals surface area contributed by atoms with Gasteiger partial charge in [-0.3, -0.25) is 0 Å². The van der Waals surface area contributed by atoms with Crippen molar-refractivity contribution in [1.82, 2.24) is 15.0 Å². The summed E-state index contributed by atoms with van der Waals surface area (Å²) in [4.78, 5) is 0. The normalized spacial score (nSPS) is 11.8. The van der Waals surface area contributed by atoms with Gasteiger partial charge in [0.1, 0.15) is 13.1 Å². The highest BCUT2D eigenvalue weighted by molar-refractivity contribution is 7.98. The van der Waals surface area contributed by atoms with Crippen LogP contribution in [-0.4, -0.2) is 29.3 Å². The SMILES string of the molecule is CSc1c([Si](C)(C)C)nnn1-c1ccccc1. The standard InChI is InChI=1S/C12H17N3SSi/c1-16-12-11(17(2,3)4)13-14-15(12)10-8-6-5-7-9-10/h5-9H,1-4H3. The number of hydrogen-bond acceptors (Lipinski definition) is 3. The zero-order valence-electron chi connectivity index (χ0n) is 10.6. The lowest BCUT2D eigenvalue weighted by Gasteiger charge is -2.14. The van der Waals surface area contributed by atoms with Crippen LogP contribution in [0, 0.1) is 0 Å². The third-order valence-electron chi connectivity index (χ3n) is 2.53. The van der Waals surface area contributed by atoms with Gasteiger partial charge in [-0.05, 0) is 18.4 Å². The van der Waals surface area contributed by atoms with Crippen molar-refractivity contribution in [1.29, 1.82) is 0 Å². The lowest BCUT2D eigenvalue weighted by Crippen LogP contribution is -2.40. The van der Waals surface area contributed by atoms with Crippen molar-refractivity contribution < 1.29 is 0 Å². The Morgan fingerprint density at radius 1 is 1.12 bits per heavy atom. The minimum Gasteiger partial charge on any atom is -0.207 e. The third-order valence-corrected chi connectivity index (χ3v) is 5.23. The summed E-state index contributed by atoms with van der Waals surface area (Å²) in [5, 5.41) is 11.1. The van der Waals surface area contributed by atoms with Gasteiger partial charge in [-0.1, -0.05) is 43.1 Å². The van der Waals surface area contributed by atoms with Crippen LogP contribution < -0.4 is 5.32 Å². The molecule has 0 spiro atoms. The van der Waals surface area contributed by atoms with E-state index in [0.717, 1.165) is 5.69 Å². The molecule has 3 nitrogen and oxygen atoms in total. The van der Waals surface area contributed by atoms with E-state index in [0.29, 0.717) is 0 Å². The highest BCUT2D eigenvalue weighted by Crippen LogP contribution is 2.19. The Kier molecular flexibility index (Phi) is 3.39. The molecule has 0 amide bonds. The number of hydrogen-bond donors (Lipinski definition) is 0. The number of thioether (sulfide) groups is 1. The molecule has 0 atom stereocenters. The Morgan fingerprint density at radius 2 is 1.76 bits per heavy atom. The molecule has 90 valence electrons. The molecule has 0 aliphatic carbocycles. The van der Waals surface area contributed by atoms with Crippen LogP contribution in [-0.2, 0) is 0 Å². The van der Waals surface area contributed by atoms with Crippen LogP contribution in [0.4, 0.5) is 0 Å². The lowest BCUT2D eigenvalue weighted by atomic mass is 10.3. The fraction of sp³-hybridized carbons (Fsp3) is 0.333. The monoisotopic (exact) mass is 263 g/mol. The molecule has 0 aliphatic rings. The van der Waals surface area contributed by atoms with E-state index in [9.17, 15) is 0 Å². The maximum atomic E-state index is 4.39. The van der Waals surface area contributed by atoms with E-state index in [-0.39, 0.29) is 0 Å². The fourth-order valence-electron chi connectivity index (χ4n) is 1.67. The van der Waals surface area contributed by atoms with E-state index >= 15 is 0 Å². The van der Waals surface area contributed by atoms with Crippen LogP contribution in [0.1, 0.15) is 0 Å². The second-order valence-corrected chi connectivity index (χ2v) is 10.7. The minimum atomic E-state index is -1.43. The summed E-state index contributed by atoms with van der Waals surface area (Å²) in [6.07, 6.45) is 2.09. The summed E-state index contributed by atoms with van der Waals surface area (Å²) in [5.41, 5.74) is 1.08. The van der Waals surface area contributed by atoms with Crippen LogP contribution in [0.15, 0.2) is 35.4 Å². The molecule has 0 saturated heterocycles. The van der Waals surface area contributed by atoms with Crippen molar-refractivity contribution in [2.75, 3.05) is 6.26 Å². The average Bonchev–Trinajstić information content (AvgIpc) is 2.73. The average molecular weight is 263 g/mol. The van der Waals surface area contributed by atoms with Crippen molar-refractivity contribution in [2.45, 2.75) is 24.7 Å². The summed E-state index contributed by atoms with van der Waals surface area (Å²) in [5.74, 6) is 0. The summed E-state index contributed by atoms with van der Waals surface area (Å²) >= 11 is 1.72. The number of aromatic nitrogens is 3. The molecule has 2 rings (SSSR count). The Hall–Kier alpha value is -1.07. The molecule has 1 aromatic carbocycles. The summed E-state index contributed by atoms with van der Waals surface area (Å²) in [6, 6.07) is 10.2. The Morgan fingerprint density at radius 3 is 2.29 bits per heavy atom. The summed E-state index contributed by atoms with van der Waals surface area (Å²) in [6.45, 7) is 6.89. The predicted molar refractivity (Wildman–Crippen MR) is 76.1 cm³/mol. The highest BCUT2D eigenvalue weighted by Gasteiger charge is 2.26. The van der Waals surface area contributed by atoms with Gasteiger partial charge < -0.3 is 0 Å². The molecule has 0 radical (unpaired) electrons.